The fraction of sp³-hybridized carbons (Fsp3) is 0.0952. The SMILES string of the molecule is Nc1c2c(cc(=O)n1-c1cc(OCC(F)(F)F)cc(-n3nc4ccccc4n3)c1)C(=O)NC2=O. The number of rotatable bonds is 4. The van der Waals surface area contributed by atoms with Crippen LogP contribution in [0.25, 0.3) is 22.4 Å². The maximum absolute atomic E-state index is 12.8. The molecule has 3 N–H and O–H groups in total. The van der Waals surface area contributed by atoms with Gasteiger partial charge in [-0.2, -0.15) is 18.0 Å². The maximum atomic E-state index is 12.8. The highest BCUT2D eigenvalue weighted by Crippen LogP contribution is 2.28. The van der Waals surface area contributed by atoms with E-state index >= 15 is 0 Å². The number of nitrogens with zero attached hydrogens (tertiary/aromatic N) is 4. The third-order valence-electron chi connectivity index (χ3n) is 5.01. The Morgan fingerprint density at radius 3 is 2.24 bits per heavy atom. The predicted octanol–water partition coefficient (Wildman–Crippen LogP) is 1.98. The first-order valence-corrected chi connectivity index (χ1v) is 9.69. The Hall–Kier alpha value is -4.68. The zero-order valence-electron chi connectivity index (χ0n) is 17.0. The summed E-state index contributed by atoms with van der Waals surface area (Å²) in [6.45, 7) is -1.59. The Morgan fingerprint density at radius 1 is 0.941 bits per heavy atom. The molecule has 1 aliphatic heterocycles. The van der Waals surface area contributed by atoms with Crippen LogP contribution in [0.1, 0.15) is 20.7 Å². The van der Waals surface area contributed by atoms with Crippen LogP contribution in [0.5, 0.6) is 5.75 Å². The first-order chi connectivity index (χ1) is 16.1. The van der Waals surface area contributed by atoms with E-state index in [2.05, 4.69) is 10.2 Å². The second-order valence-electron chi connectivity index (χ2n) is 7.34. The van der Waals surface area contributed by atoms with E-state index in [9.17, 15) is 27.6 Å². The molecule has 0 radical (unpaired) electrons. The molecule has 0 aliphatic carbocycles. The molecule has 3 heterocycles. The number of halogens is 3. The van der Waals surface area contributed by atoms with Crippen molar-refractivity contribution in [3.8, 4) is 17.1 Å². The van der Waals surface area contributed by atoms with E-state index in [1.807, 2.05) is 5.32 Å². The van der Waals surface area contributed by atoms with Crippen molar-refractivity contribution in [2.45, 2.75) is 6.18 Å². The van der Waals surface area contributed by atoms with E-state index in [-0.39, 0.29) is 34.1 Å². The molecule has 34 heavy (non-hydrogen) atoms. The molecule has 5 rings (SSSR count). The number of ether oxygens (including phenoxy) is 1. The highest BCUT2D eigenvalue weighted by Gasteiger charge is 2.32. The number of hydrogen-bond acceptors (Lipinski definition) is 7. The van der Waals surface area contributed by atoms with Crippen molar-refractivity contribution in [2.75, 3.05) is 12.3 Å². The largest absolute Gasteiger partial charge is 0.484 e. The molecule has 2 amide bonds. The molecule has 0 saturated carbocycles. The van der Waals surface area contributed by atoms with Crippen LogP contribution in [0.4, 0.5) is 19.0 Å². The molecule has 10 nitrogen and oxygen atoms in total. The van der Waals surface area contributed by atoms with E-state index in [0.717, 1.165) is 16.7 Å². The number of alkyl halides is 3. The molecule has 172 valence electrons. The highest BCUT2D eigenvalue weighted by molar-refractivity contribution is 6.23. The molecule has 0 unspecified atom stereocenters. The molecule has 0 atom stereocenters. The van der Waals surface area contributed by atoms with Crippen LogP contribution >= 0.6 is 0 Å². The van der Waals surface area contributed by atoms with Crippen LogP contribution in [0.2, 0.25) is 0 Å². The lowest BCUT2D eigenvalue weighted by Crippen LogP contribution is -2.24. The summed E-state index contributed by atoms with van der Waals surface area (Å²) in [5.41, 5.74) is 6.07. The zero-order chi connectivity index (χ0) is 24.2. The first-order valence-electron chi connectivity index (χ1n) is 9.69. The number of anilines is 1. The van der Waals surface area contributed by atoms with Crippen molar-refractivity contribution in [1.29, 1.82) is 0 Å². The van der Waals surface area contributed by atoms with E-state index < -0.39 is 30.2 Å². The van der Waals surface area contributed by atoms with Gasteiger partial charge in [0.05, 0.1) is 22.5 Å². The number of carbonyl (C=O) groups excluding carboxylic acids is 2. The average Bonchev–Trinajstić information content (AvgIpc) is 3.32. The third-order valence-corrected chi connectivity index (χ3v) is 5.01. The van der Waals surface area contributed by atoms with Gasteiger partial charge in [0, 0.05) is 18.2 Å². The lowest BCUT2D eigenvalue weighted by Gasteiger charge is -2.16. The lowest BCUT2D eigenvalue weighted by molar-refractivity contribution is -0.153. The fourth-order valence-corrected chi connectivity index (χ4v) is 3.58. The lowest BCUT2D eigenvalue weighted by atomic mass is 10.1. The van der Waals surface area contributed by atoms with Crippen LogP contribution in [0, 0.1) is 0 Å². The van der Waals surface area contributed by atoms with E-state index in [4.69, 9.17) is 10.5 Å². The summed E-state index contributed by atoms with van der Waals surface area (Å²) in [6.07, 6.45) is -4.61. The molecule has 2 aromatic carbocycles. The van der Waals surface area contributed by atoms with Crippen LogP contribution in [-0.4, -0.2) is 44.2 Å². The Morgan fingerprint density at radius 2 is 1.59 bits per heavy atom. The smallest absolute Gasteiger partial charge is 0.422 e. The Balaban J connectivity index is 1.70. The normalized spacial score (nSPS) is 13.3. The molecule has 0 fully saturated rings. The van der Waals surface area contributed by atoms with Gasteiger partial charge in [-0.15, -0.1) is 10.2 Å². The summed E-state index contributed by atoms with van der Waals surface area (Å²) in [5, 5.41) is 10.6. The number of pyridine rings is 1. The van der Waals surface area contributed by atoms with Crippen LogP contribution in [0.3, 0.4) is 0 Å². The molecule has 2 aromatic heterocycles. The van der Waals surface area contributed by atoms with Crippen LogP contribution in [-0.2, 0) is 0 Å². The number of fused-ring (bicyclic) bond motifs is 2. The van der Waals surface area contributed by atoms with Gasteiger partial charge in [-0.1, -0.05) is 12.1 Å². The standard InChI is InChI=1S/C21H13F3N6O4/c22-21(23,24)9-34-12-6-10(5-11(7-12)30-27-14-3-1-2-4-15(14)28-30)29-16(31)8-13-17(18(29)25)20(33)26-19(13)32/h1-8H,9,25H2,(H,26,32,33). The van der Waals surface area contributed by atoms with E-state index in [1.54, 1.807) is 24.3 Å². The van der Waals surface area contributed by atoms with Crippen molar-refractivity contribution in [2.24, 2.45) is 0 Å². The van der Waals surface area contributed by atoms with Gasteiger partial charge < -0.3 is 10.5 Å². The molecule has 0 bridgehead atoms. The van der Waals surface area contributed by atoms with Gasteiger partial charge in [-0.05, 0) is 18.2 Å². The van der Waals surface area contributed by atoms with Gasteiger partial charge in [0.15, 0.2) is 6.61 Å². The maximum Gasteiger partial charge on any atom is 0.422 e. The number of nitrogens with one attached hydrogen (secondary N) is 1. The van der Waals surface area contributed by atoms with Gasteiger partial charge in [0.1, 0.15) is 22.6 Å². The van der Waals surface area contributed by atoms with Gasteiger partial charge >= 0.3 is 6.18 Å². The van der Waals surface area contributed by atoms with Crippen molar-refractivity contribution in [3.63, 3.8) is 0 Å². The minimum Gasteiger partial charge on any atom is -0.484 e. The minimum absolute atomic E-state index is 0.0199. The quantitative estimate of drug-likeness (QED) is 0.436. The summed E-state index contributed by atoms with van der Waals surface area (Å²) in [4.78, 5) is 38.0. The second-order valence-corrected chi connectivity index (χ2v) is 7.34. The summed E-state index contributed by atoms with van der Waals surface area (Å²) in [5.74, 6) is -2.18. The topological polar surface area (TPSA) is 134 Å². The van der Waals surface area contributed by atoms with Gasteiger partial charge in [0.2, 0.25) is 0 Å². The number of hydrogen-bond donors (Lipinski definition) is 2. The number of imide groups is 1. The Labute approximate surface area is 187 Å². The van der Waals surface area contributed by atoms with Crippen molar-refractivity contribution < 1.29 is 27.5 Å². The molecule has 0 saturated heterocycles. The predicted molar refractivity (Wildman–Crippen MR) is 112 cm³/mol. The summed E-state index contributed by atoms with van der Waals surface area (Å²) in [6, 6.07) is 11.6. The molecule has 0 spiro atoms. The molecule has 4 aromatic rings. The van der Waals surface area contributed by atoms with E-state index in [1.165, 1.54) is 16.9 Å². The van der Waals surface area contributed by atoms with Crippen LogP contribution in [0.15, 0.2) is 53.3 Å². The van der Waals surface area contributed by atoms with Crippen molar-refractivity contribution in [3.05, 3.63) is 70.0 Å². The first kappa shape index (κ1) is 21.2. The van der Waals surface area contributed by atoms with Gasteiger partial charge in [0.25, 0.3) is 17.4 Å². The second kappa shape index (κ2) is 7.43. The number of aromatic nitrogens is 4. The zero-order valence-corrected chi connectivity index (χ0v) is 17.0. The Bertz CT molecular complexity index is 1520. The number of nitrogen functional groups attached to an aromatic ring is 1. The summed E-state index contributed by atoms with van der Waals surface area (Å²) in [7, 11) is 0. The summed E-state index contributed by atoms with van der Waals surface area (Å²) >= 11 is 0. The number of benzene rings is 2. The number of nitrogens with two attached hydrogens (primary N) is 1. The number of amides is 2. The summed E-state index contributed by atoms with van der Waals surface area (Å²) < 4.78 is 44.1. The van der Waals surface area contributed by atoms with Crippen LogP contribution < -0.4 is 21.3 Å². The number of carbonyl (C=O) groups is 2. The monoisotopic (exact) mass is 470 g/mol. The Kier molecular flexibility index (Phi) is 4.63. The molecular formula is C21H13F3N6O4. The minimum atomic E-state index is -4.61. The van der Waals surface area contributed by atoms with Gasteiger partial charge in [-0.25, -0.2) is 0 Å². The molecular weight excluding hydrogens is 457 g/mol. The molecule has 13 heteroatoms. The fourth-order valence-electron chi connectivity index (χ4n) is 3.58. The third kappa shape index (κ3) is 3.62. The van der Waals surface area contributed by atoms with Gasteiger partial charge in [-0.3, -0.25) is 24.3 Å². The average molecular weight is 470 g/mol. The highest BCUT2D eigenvalue weighted by atomic mass is 19.4. The molecule has 1 aliphatic rings. The van der Waals surface area contributed by atoms with Crippen molar-refractivity contribution in [1.82, 2.24) is 24.9 Å². The van der Waals surface area contributed by atoms with Crippen molar-refractivity contribution >= 4 is 28.7 Å². The van der Waals surface area contributed by atoms with E-state index in [0.29, 0.717) is 11.0 Å².